The van der Waals surface area contributed by atoms with Gasteiger partial charge in [0.2, 0.25) is 0 Å². The van der Waals surface area contributed by atoms with Crippen LogP contribution in [-0.4, -0.2) is 24.5 Å². The quantitative estimate of drug-likeness (QED) is 0.631. The number of nitrogen functional groups attached to an aromatic ring is 1. The Morgan fingerprint density at radius 1 is 1.33 bits per heavy atom. The number of amidine groups is 1. The number of nitrogens with one attached hydrogen (secondary N) is 1. The van der Waals surface area contributed by atoms with Gasteiger partial charge in [0.15, 0.2) is 0 Å². The molecule has 0 spiro atoms. The van der Waals surface area contributed by atoms with Crippen molar-refractivity contribution in [2.24, 2.45) is 5.73 Å². The van der Waals surface area contributed by atoms with Crippen LogP contribution in [0, 0.1) is 5.41 Å². The Morgan fingerprint density at radius 2 is 2.14 bits per heavy atom. The zero-order valence-corrected chi connectivity index (χ0v) is 12.3. The lowest BCUT2D eigenvalue weighted by molar-refractivity contribution is 0.414. The summed E-state index contributed by atoms with van der Waals surface area (Å²) in [6.07, 6.45) is 1.78. The van der Waals surface area contributed by atoms with E-state index in [0.717, 1.165) is 23.7 Å². The van der Waals surface area contributed by atoms with Gasteiger partial charge < -0.3 is 15.4 Å². The van der Waals surface area contributed by atoms with Crippen LogP contribution < -0.4 is 15.4 Å². The number of pyridine rings is 1. The molecule has 0 bridgehead atoms. The minimum Gasteiger partial charge on any atom is -0.497 e. The normalized spacial score (nSPS) is 10.2. The van der Waals surface area contributed by atoms with Gasteiger partial charge in [0, 0.05) is 24.4 Å². The number of ether oxygens (including phenoxy) is 1. The molecule has 1 aromatic heterocycles. The molecule has 0 aliphatic heterocycles. The van der Waals surface area contributed by atoms with Crippen LogP contribution in [0.25, 0.3) is 0 Å². The van der Waals surface area contributed by atoms with Gasteiger partial charge >= 0.3 is 0 Å². The average molecular weight is 284 g/mol. The van der Waals surface area contributed by atoms with Crippen LogP contribution in [0.2, 0.25) is 0 Å². The molecule has 0 radical (unpaired) electrons. The number of anilines is 1. The molecule has 1 heterocycles. The average Bonchev–Trinajstić information content (AvgIpc) is 2.52. The van der Waals surface area contributed by atoms with Gasteiger partial charge in [-0.3, -0.25) is 10.4 Å². The van der Waals surface area contributed by atoms with Crippen molar-refractivity contribution >= 4 is 11.5 Å². The first-order chi connectivity index (χ1) is 10.2. The van der Waals surface area contributed by atoms with Crippen LogP contribution >= 0.6 is 0 Å². The first-order valence-corrected chi connectivity index (χ1v) is 6.83. The predicted molar refractivity (Wildman–Crippen MR) is 85.0 cm³/mol. The van der Waals surface area contributed by atoms with E-state index in [1.165, 1.54) is 0 Å². The highest BCUT2D eigenvalue weighted by Crippen LogP contribution is 2.27. The standard InChI is InChI=1S/C16H20N4O/c1-3-20(11-12-6-4-5-9-19-12)15-10-13(21-2)7-8-14(15)16(17)18/h4-10H,3,11H2,1-2H3,(H3,17,18). The second-order valence-corrected chi connectivity index (χ2v) is 4.63. The van der Waals surface area contributed by atoms with E-state index in [9.17, 15) is 0 Å². The summed E-state index contributed by atoms with van der Waals surface area (Å²) in [5, 5.41) is 7.75. The van der Waals surface area contributed by atoms with E-state index in [-0.39, 0.29) is 5.84 Å². The van der Waals surface area contributed by atoms with Gasteiger partial charge in [0.1, 0.15) is 11.6 Å². The summed E-state index contributed by atoms with van der Waals surface area (Å²) >= 11 is 0. The lowest BCUT2D eigenvalue weighted by Crippen LogP contribution is -2.26. The topological polar surface area (TPSA) is 75.2 Å². The molecule has 0 atom stereocenters. The molecule has 3 N–H and O–H groups in total. The number of hydrogen-bond donors (Lipinski definition) is 2. The summed E-state index contributed by atoms with van der Waals surface area (Å²) in [7, 11) is 1.63. The Kier molecular flexibility index (Phi) is 4.77. The molecular formula is C16H20N4O. The van der Waals surface area contributed by atoms with Gasteiger partial charge in [-0.05, 0) is 31.2 Å². The van der Waals surface area contributed by atoms with Crippen molar-refractivity contribution in [2.75, 3.05) is 18.6 Å². The molecule has 110 valence electrons. The Labute approximate surface area is 124 Å². The van der Waals surface area contributed by atoms with E-state index < -0.39 is 0 Å². The molecule has 0 saturated carbocycles. The van der Waals surface area contributed by atoms with E-state index in [0.29, 0.717) is 12.1 Å². The fourth-order valence-corrected chi connectivity index (χ4v) is 2.18. The van der Waals surface area contributed by atoms with Crippen molar-refractivity contribution < 1.29 is 4.74 Å². The Balaban J connectivity index is 2.38. The molecule has 2 rings (SSSR count). The number of benzene rings is 1. The Morgan fingerprint density at radius 3 is 2.71 bits per heavy atom. The number of nitrogens with two attached hydrogens (primary N) is 1. The molecule has 5 heteroatoms. The Hall–Kier alpha value is -2.56. The molecule has 0 fully saturated rings. The number of hydrogen-bond acceptors (Lipinski definition) is 4. The summed E-state index contributed by atoms with van der Waals surface area (Å²) < 4.78 is 5.28. The maximum atomic E-state index is 7.75. The van der Waals surface area contributed by atoms with Crippen LogP contribution in [0.5, 0.6) is 5.75 Å². The van der Waals surface area contributed by atoms with Crippen LogP contribution in [-0.2, 0) is 6.54 Å². The van der Waals surface area contributed by atoms with Gasteiger partial charge in [0.25, 0.3) is 0 Å². The molecule has 0 unspecified atom stereocenters. The largest absolute Gasteiger partial charge is 0.497 e. The van der Waals surface area contributed by atoms with Crippen molar-refractivity contribution in [1.29, 1.82) is 5.41 Å². The number of methoxy groups -OCH3 is 1. The predicted octanol–water partition coefficient (Wildman–Crippen LogP) is 2.40. The maximum Gasteiger partial charge on any atom is 0.124 e. The summed E-state index contributed by atoms with van der Waals surface area (Å²) in [6.45, 7) is 3.50. The smallest absolute Gasteiger partial charge is 0.124 e. The monoisotopic (exact) mass is 284 g/mol. The fraction of sp³-hybridized carbons (Fsp3) is 0.250. The van der Waals surface area contributed by atoms with Crippen LogP contribution in [0.3, 0.4) is 0 Å². The summed E-state index contributed by atoms with van der Waals surface area (Å²) in [5.41, 5.74) is 8.25. The molecule has 0 saturated heterocycles. The van der Waals surface area contributed by atoms with E-state index in [2.05, 4.69) is 16.8 Å². The SMILES string of the molecule is CCN(Cc1ccccn1)c1cc(OC)ccc1C(=N)N. The molecule has 0 aliphatic rings. The highest BCUT2D eigenvalue weighted by Gasteiger charge is 2.14. The van der Waals surface area contributed by atoms with Gasteiger partial charge in [0.05, 0.1) is 25.0 Å². The molecule has 2 aromatic rings. The van der Waals surface area contributed by atoms with Crippen molar-refractivity contribution in [1.82, 2.24) is 4.98 Å². The molecular weight excluding hydrogens is 264 g/mol. The van der Waals surface area contributed by atoms with Gasteiger partial charge in [-0.25, -0.2) is 0 Å². The van der Waals surface area contributed by atoms with E-state index >= 15 is 0 Å². The van der Waals surface area contributed by atoms with E-state index in [1.807, 2.05) is 36.4 Å². The molecule has 5 nitrogen and oxygen atoms in total. The minimum absolute atomic E-state index is 0.0483. The minimum atomic E-state index is 0.0483. The second kappa shape index (κ2) is 6.74. The van der Waals surface area contributed by atoms with Crippen LogP contribution in [0.4, 0.5) is 5.69 Å². The van der Waals surface area contributed by atoms with Crippen LogP contribution in [0.1, 0.15) is 18.2 Å². The third-order valence-corrected chi connectivity index (χ3v) is 3.30. The summed E-state index contributed by atoms with van der Waals surface area (Å²) in [5.74, 6) is 0.793. The van der Waals surface area contributed by atoms with E-state index in [1.54, 1.807) is 13.3 Å². The number of aromatic nitrogens is 1. The molecule has 0 aliphatic carbocycles. The van der Waals surface area contributed by atoms with Crippen molar-refractivity contribution in [3.05, 3.63) is 53.9 Å². The first-order valence-electron chi connectivity index (χ1n) is 6.83. The third-order valence-electron chi connectivity index (χ3n) is 3.30. The van der Waals surface area contributed by atoms with Crippen molar-refractivity contribution in [3.8, 4) is 5.75 Å². The highest BCUT2D eigenvalue weighted by atomic mass is 16.5. The van der Waals surface area contributed by atoms with Gasteiger partial charge in [-0.1, -0.05) is 6.07 Å². The number of nitrogens with zero attached hydrogens (tertiary/aromatic N) is 2. The summed E-state index contributed by atoms with van der Waals surface area (Å²) in [6, 6.07) is 11.4. The maximum absolute atomic E-state index is 7.75. The zero-order chi connectivity index (χ0) is 15.2. The number of rotatable bonds is 6. The van der Waals surface area contributed by atoms with Crippen LogP contribution in [0.15, 0.2) is 42.6 Å². The molecule has 1 aromatic carbocycles. The van der Waals surface area contributed by atoms with Gasteiger partial charge in [-0.15, -0.1) is 0 Å². The van der Waals surface area contributed by atoms with Crippen molar-refractivity contribution in [3.63, 3.8) is 0 Å². The van der Waals surface area contributed by atoms with Gasteiger partial charge in [-0.2, -0.15) is 0 Å². The second-order valence-electron chi connectivity index (χ2n) is 4.63. The molecule has 21 heavy (non-hydrogen) atoms. The van der Waals surface area contributed by atoms with Crippen molar-refractivity contribution in [2.45, 2.75) is 13.5 Å². The summed E-state index contributed by atoms with van der Waals surface area (Å²) in [4.78, 5) is 6.48. The highest BCUT2D eigenvalue weighted by molar-refractivity contribution is 6.00. The zero-order valence-electron chi connectivity index (χ0n) is 12.3. The fourth-order valence-electron chi connectivity index (χ4n) is 2.18. The van der Waals surface area contributed by atoms with E-state index in [4.69, 9.17) is 15.9 Å². The molecule has 0 amide bonds. The lowest BCUT2D eigenvalue weighted by Gasteiger charge is -2.25. The Bertz CT molecular complexity index is 613. The lowest BCUT2D eigenvalue weighted by atomic mass is 10.1. The third kappa shape index (κ3) is 3.51. The first kappa shape index (κ1) is 14.8.